The first kappa shape index (κ1) is 17.5. The summed E-state index contributed by atoms with van der Waals surface area (Å²) in [5.41, 5.74) is 3.29. The number of nitrogens with zero attached hydrogens (tertiary/aromatic N) is 5. The van der Waals surface area contributed by atoms with Gasteiger partial charge in [0.05, 0.1) is 11.4 Å². The molecule has 3 rings (SSSR count). The second kappa shape index (κ2) is 6.89. The van der Waals surface area contributed by atoms with Crippen LogP contribution in [0.4, 0.5) is 18.9 Å². The molecule has 2 aromatic rings. The monoisotopic (exact) mass is 358 g/mol. The molecular weight excluding hydrogens is 345 g/mol. The van der Waals surface area contributed by atoms with Crippen LogP contribution in [-0.4, -0.2) is 15.5 Å². The van der Waals surface area contributed by atoms with E-state index in [0.717, 1.165) is 12.8 Å². The van der Waals surface area contributed by atoms with Gasteiger partial charge >= 0.3 is 6.18 Å². The summed E-state index contributed by atoms with van der Waals surface area (Å²) in [5, 5.41) is 24.7. The van der Waals surface area contributed by atoms with Gasteiger partial charge < -0.3 is 0 Å². The molecule has 0 fully saturated rings. The zero-order chi connectivity index (χ0) is 18.7. The summed E-state index contributed by atoms with van der Waals surface area (Å²) < 4.78 is 41.1. The highest BCUT2D eigenvalue weighted by Crippen LogP contribution is 2.36. The van der Waals surface area contributed by atoms with Crippen LogP contribution in [0, 0.1) is 22.7 Å². The third kappa shape index (κ3) is 3.38. The van der Waals surface area contributed by atoms with E-state index < -0.39 is 11.9 Å². The van der Waals surface area contributed by atoms with Gasteiger partial charge in [-0.05, 0) is 49.9 Å². The number of nitrogens with one attached hydrogen (secondary N) is 1. The normalized spacial score (nSPS) is 13.3. The number of nitriles is 2. The van der Waals surface area contributed by atoms with Gasteiger partial charge in [-0.3, -0.25) is 5.43 Å². The number of rotatable bonds is 3. The zero-order valence-corrected chi connectivity index (χ0v) is 13.5. The largest absolute Gasteiger partial charge is 0.435 e. The van der Waals surface area contributed by atoms with Crippen LogP contribution in [0.2, 0.25) is 0 Å². The van der Waals surface area contributed by atoms with Gasteiger partial charge in [-0.15, -0.1) is 0 Å². The Kier molecular flexibility index (Phi) is 4.63. The van der Waals surface area contributed by atoms with Crippen LogP contribution in [0.3, 0.4) is 0 Å². The zero-order valence-electron chi connectivity index (χ0n) is 13.5. The molecule has 0 saturated carbocycles. The number of hydrogen-bond donors (Lipinski definition) is 1. The van der Waals surface area contributed by atoms with Crippen LogP contribution in [0.15, 0.2) is 29.4 Å². The molecule has 26 heavy (non-hydrogen) atoms. The van der Waals surface area contributed by atoms with Gasteiger partial charge in [0.25, 0.3) is 0 Å². The predicted molar refractivity (Wildman–Crippen MR) is 87.5 cm³/mol. The van der Waals surface area contributed by atoms with E-state index in [9.17, 15) is 13.2 Å². The van der Waals surface area contributed by atoms with E-state index in [-0.39, 0.29) is 11.3 Å². The first-order chi connectivity index (χ1) is 12.4. The smallest absolute Gasteiger partial charge is 0.277 e. The minimum absolute atomic E-state index is 0.281. The molecule has 6 nitrogen and oxygen atoms in total. The Morgan fingerprint density at radius 2 is 1.77 bits per heavy atom. The standard InChI is InChI=1S/C17H13F3N6/c18-17(19,20)16-14-3-1-2-4-15(14)26(25-16)13-7-5-11(6-8-13)23-24-12(9-21)10-22/h5-8,23H,1-4H2. The van der Waals surface area contributed by atoms with Crippen molar-refractivity contribution in [3.8, 4) is 17.8 Å². The Morgan fingerprint density at radius 1 is 1.12 bits per heavy atom. The van der Waals surface area contributed by atoms with Gasteiger partial charge in [-0.25, -0.2) is 4.68 Å². The predicted octanol–water partition coefficient (Wildman–Crippen LogP) is 3.58. The molecule has 0 radical (unpaired) electrons. The SMILES string of the molecule is N#CC(C#N)=NNc1ccc(-n2nc(C(F)(F)F)c3c2CCCC3)cc1. The maximum atomic E-state index is 13.3. The first-order valence-corrected chi connectivity index (χ1v) is 7.86. The van der Waals surface area contributed by atoms with Gasteiger partial charge in [-0.2, -0.15) is 33.9 Å². The lowest BCUT2D eigenvalue weighted by Crippen LogP contribution is -2.11. The van der Waals surface area contributed by atoms with Crippen LogP contribution >= 0.6 is 0 Å². The molecule has 0 spiro atoms. The molecule has 132 valence electrons. The highest BCUT2D eigenvalue weighted by molar-refractivity contribution is 6.10. The molecule has 0 saturated heterocycles. The third-order valence-corrected chi connectivity index (χ3v) is 4.07. The van der Waals surface area contributed by atoms with E-state index in [1.165, 1.54) is 4.68 Å². The average molecular weight is 358 g/mol. The van der Waals surface area contributed by atoms with E-state index >= 15 is 0 Å². The topological polar surface area (TPSA) is 89.8 Å². The lowest BCUT2D eigenvalue weighted by atomic mass is 9.95. The summed E-state index contributed by atoms with van der Waals surface area (Å²) in [6, 6.07) is 9.64. The second-order valence-electron chi connectivity index (χ2n) is 5.73. The molecule has 9 heteroatoms. The van der Waals surface area contributed by atoms with Gasteiger partial charge in [0, 0.05) is 11.3 Å². The molecule has 1 aromatic carbocycles. The number of fused-ring (bicyclic) bond motifs is 1. The van der Waals surface area contributed by atoms with Crippen molar-refractivity contribution in [1.29, 1.82) is 10.5 Å². The fraction of sp³-hybridized carbons (Fsp3) is 0.294. The van der Waals surface area contributed by atoms with Gasteiger partial charge in [0.15, 0.2) is 5.69 Å². The average Bonchev–Trinajstić information content (AvgIpc) is 3.03. The van der Waals surface area contributed by atoms with E-state index in [0.29, 0.717) is 29.9 Å². The summed E-state index contributed by atoms with van der Waals surface area (Å²) in [6.45, 7) is 0. The van der Waals surface area contributed by atoms with Crippen LogP contribution in [-0.2, 0) is 19.0 Å². The minimum Gasteiger partial charge on any atom is -0.277 e. The van der Waals surface area contributed by atoms with Crippen molar-refractivity contribution in [2.24, 2.45) is 5.10 Å². The van der Waals surface area contributed by atoms with Crippen LogP contribution in [0.5, 0.6) is 0 Å². The maximum Gasteiger partial charge on any atom is 0.435 e. The Labute approximate surface area is 147 Å². The summed E-state index contributed by atoms with van der Waals surface area (Å²) in [4.78, 5) is 0. The van der Waals surface area contributed by atoms with E-state index in [1.807, 2.05) is 0 Å². The Balaban J connectivity index is 1.93. The number of alkyl halides is 3. The van der Waals surface area contributed by atoms with Crippen LogP contribution in [0.1, 0.15) is 29.8 Å². The first-order valence-electron chi connectivity index (χ1n) is 7.86. The number of hydrogen-bond acceptors (Lipinski definition) is 5. The van der Waals surface area contributed by atoms with Gasteiger partial charge in [0.2, 0.25) is 5.71 Å². The lowest BCUT2D eigenvalue weighted by Gasteiger charge is -2.14. The van der Waals surface area contributed by atoms with Crippen molar-refractivity contribution < 1.29 is 13.2 Å². The Bertz CT molecular complexity index is 910. The summed E-state index contributed by atoms with van der Waals surface area (Å²) in [7, 11) is 0. The fourth-order valence-corrected chi connectivity index (χ4v) is 2.91. The molecule has 0 atom stereocenters. The number of aromatic nitrogens is 2. The Hall–Kier alpha value is -3.33. The molecule has 1 aliphatic rings. The highest BCUT2D eigenvalue weighted by atomic mass is 19.4. The molecule has 1 N–H and O–H groups in total. The second-order valence-corrected chi connectivity index (χ2v) is 5.73. The summed E-state index contributed by atoms with van der Waals surface area (Å²) >= 11 is 0. The van der Waals surface area contributed by atoms with Gasteiger partial charge in [-0.1, -0.05) is 0 Å². The maximum absolute atomic E-state index is 13.3. The highest BCUT2D eigenvalue weighted by Gasteiger charge is 2.39. The molecule has 1 aromatic heterocycles. The number of hydrazone groups is 1. The fourth-order valence-electron chi connectivity index (χ4n) is 2.91. The van der Waals surface area contributed by atoms with Crippen LogP contribution in [0.25, 0.3) is 5.69 Å². The molecule has 1 heterocycles. The van der Waals surface area contributed by atoms with Gasteiger partial charge in [0.1, 0.15) is 12.1 Å². The van der Waals surface area contributed by atoms with Crippen molar-refractivity contribution in [3.05, 3.63) is 41.2 Å². The third-order valence-electron chi connectivity index (χ3n) is 4.07. The molecular formula is C17H13F3N6. The van der Waals surface area contributed by atoms with Crippen molar-refractivity contribution >= 4 is 11.4 Å². The summed E-state index contributed by atoms with van der Waals surface area (Å²) in [6.07, 6.45) is -1.99. The van der Waals surface area contributed by atoms with Crippen molar-refractivity contribution in [3.63, 3.8) is 0 Å². The summed E-state index contributed by atoms with van der Waals surface area (Å²) in [5.74, 6) is 0. The lowest BCUT2D eigenvalue weighted by molar-refractivity contribution is -0.142. The van der Waals surface area contributed by atoms with Crippen molar-refractivity contribution in [2.75, 3.05) is 5.43 Å². The van der Waals surface area contributed by atoms with E-state index in [4.69, 9.17) is 10.5 Å². The molecule has 1 aliphatic carbocycles. The molecule has 0 bridgehead atoms. The molecule has 0 aliphatic heterocycles. The van der Waals surface area contributed by atoms with E-state index in [2.05, 4.69) is 15.6 Å². The van der Waals surface area contributed by atoms with Crippen molar-refractivity contribution in [2.45, 2.75) is 31.9 Å². The molecule has 0 unspecified atom stereocenters. The minimum atomic E-state index is -4.48. The number of anilines is 1. The van der Waals surface area contributed by atoms with Crippen LogP contribution < -0.4 is 5.43 Å². The quantitative estimate of drug-likeness (QED) is 0.671. The Morgan fingerprint density at radius 3 is 2.38 bits per heavy atom. The number of benzene rings is 1. The molecule has 0 amide bonds. The van der Waals surface area contributed by atoms with Crippen molar-refractivity contribution in [1.82, 2.24) is 9.78 Å². The van der Waals surface area contributed by atoms with E-state index in [1.54, 1.807) is 36.4 Å². The number of halogens is 3.